The summed E-state index contributed by atoms with van der Waals surface area (Å²) in [5.74, 6) is 0.315. The largest absolute Gasteiger partial charge is 0.394 e. The first-order valence-corrected chi connectivity index (χ1v) is 5.66. The van der Waals surface area contributed by atoms with E-state index in [9.17, 15) is 10.1 Å². The summed E-state index contributed by atoms with van der Waals surface area (Å²) < 4.78 is 5.06. The van der Waals surface area contributed by atoms with Crippen LogP contribution in [-0.2, 0) is 4.74 Å². The van der Waals surface area contributed by atoms with Gasteiger partial charge in [-0.1, -0.05) is 0 Å². The first-order chi connectivity index (χ1) is 9.19. The van der Waals surface area contributed by atoms with Gasteiger partial charge in [0.15, 0.2) is 0 Å². The molecule has 1 heterocycles. The molecule has 19 heavy (non-hydrogen) atoms. The summed E-state index contributed by atoms with van der Waals surface area (Å²) in [7, 11) is 0. The van der Waals surface area contributed by atoms with Gasteiger partial charge in [0.1, 0.15) is 23.6 Å². The number of nitriles is 1. The number of anilines is 1. The Kier molecular flexibility index (Phi) is 6.21. The highest BCUT2D eigenvalue weighted by atomic mass is 16.6. The minimum Gasteiger partial charge on any atom is -0.394 e. The van der Waals surface area contributed by atoms with Crippen LogP contribution in [0.4, 0.5) is 11.5 Å². The van der Waals surface area contributed by atoms with Crippen molar-refractivity contribution in [2.45, 2.75) is 6.42 Å². The lowest BCUT2D eigenvalue weighted by Crippen LogP contribution is -2.09. The molecular formula is C11H14N4O4. The highest BCUT2D eigenvalue weighted by molar-refractivity contribution is 5.55. The van der Waals surface area contributed by atoms with E-state index in [4.69, 9.17) is 15.1 Å². The van der Waals surface area contributed by atoms with E-state index in [1.807, 2.05) is 6.07 Å². The first-order valence-electron chi connectivity index (χ1n) is 5.66. The first kappa shape index (κ1) is 14.8. The molecule has 0 saturated carbocycles. The molecular weight excluding hydrogens is 252 g/mol. The number of pyridine rings is 1. The number of rotatable bonds is 8. The zero-order chi connectivity index (χ0) is 14.1. The van der Waals surface area contributed by atoms with Crippen molar-refractivity contribution in [1.82, 2.24) is 4.98 Å². The minimum atomic E-state index is -0.597. The summed E-state index contributed by atoms with van der Waals surface area (Å²) in [6, 6.07) is 3.04. The molecule has 0 aromatic carbocycles. The molecule has 1 aromatic rings. The van der Waals surface area contributed by atoms with Crippen molar-refractivity contribution in [2.24, 2.45) is 0 Å². The smallest absolute Gasteiger partial charge is 0.289 e. The van der Waals surface area contributed by atoms with E-state index in [2.05, 4.69) is 10.3 Å². The van der Waals surface area contributed by atoms with Crippen LogP contribution in [0.15, 0.2) is 12.3 Å². The van der Waals surface area contributed by atoms with Gasteiger partial charge in [-0.25, -0.2) is 4.98 Å². The number of ether oxygens (including phenoxy) is 1. The highest BCUT2D eigenvalue weighted by Gasteiger charge is 2.11. The van der Waals surface area contributed by atoms with E-state index < -0.39 is 4.92 Å². The van der Waals surface area contributed by atoms with Gasteiger partial charge < -0.3 is 15.2 Å². The fourth-order valence-corrected chi connectivity index (χ4v) is 1.33. The number of nitro groups is 1. The van der Waals surface area contributed by atoms with Gasteiger partial charge in [-0.15, -0.1) is 0 Å². The van der Waals surface area contributed by atoms with Crippen LogP contribution >= 0.6 is 0 Å². The second-order valence-corrected chi connectivity index (χ2v) is 3.57. The molecule has 0 bridgehead atoms. The molecule has 0 unspecified atom stereocenters. The van der Waals surface area contributed by atoms with E-state index in [-0.39, 0.29) is 17.9 Å². The van der Waals surface area contributed by atoms with Crippen molar-refractivity contribution in [2.75, 3.05) is 31.7 Å². The van der Waals surface area contributed by atoms with Gasteiger partial charge in [0.25, 0.3) is 5.69 Å². The van der Waals surface area contributed by atoms with Crippen LogP contribution in [0.5, 0.6) is 0 Å². The zero-order valence-corrected chi connectivity index (χ0v) is 10.2. The number of hydrogen-bond acceptors (Lipinski definition) is 7. The molecule has 0 aliphatic carbocycles. The second-order valence-electron chi connectivity index (χ2n) is 3.57. The Morgan fingerprint density at radius 2 is 2.37 bits per heavy atom. The molecule has 0 fully saturated rings. The predicted octanol–water partition coefficient (Wildman–Crippen LogP) is 0.672. The molecule has 102 valence electrons. The average molecular weight is 266 g/mol. The van der Waals surface area contributed by atoms with Gasteiger partial charge in [0, 0.05) is 19.2 Å². The Bertz CT molecular complexity index is 472. The number of aromatic nitrogens is 1. The minimum absolute atomic E-state index is 0.0179. The fourth-order valence-electron chi connectivity index (χ4n) is 1.33. The maximum absolute atomic E-state index is 10.5. The van der Waals surface area contributed by atoms with Crippen molar-refractivity contribution in [3.8, 4) is 6.07 Å². The maximum atomic E-state index is 10.5. The van der Waals surface area contributed by atoms with Crippen LogP contribution in [0.2, 0.25) is 0 Å². The van der Waals surface area contributed by atoms with Crippen molar-refractivity contribution < 1.29 is 14.8 Å². The molecule has 0 aliphatic rings. The molecule has 1 aromatic heterocycles. The summed E-state index contributed by atoms with van der Waals surface area (Å²) in [6.45, 7) is 1.27. The summed E-state index contributed by atoms with van der Waals surface area (Å²) in [5, 5.41) is 30.8. The standard InChI is InChI=1S/C11H14N4O4/c12-7-9-6-10(15(17)18)8-14-11(9)13-2-1-4-19-5-3-16/h6,8,16H,1-5H2,(H,13,14). The van der Waals surface area contributed by atoms with Crippen LogP contribution in [0.1, 0.15) is 12.0 Å². The van der Waals surface area contributed by atoms with Gasteiger partial charge in [-0.05, 0) is 6.42 Å². The molecule has 8 heteroatoms. The van der Waals surface area contributed by atoms with Crippen LogP contribution in [0.25, 0.3) is 0 Å². The Hall–Kier alpha value is -2.24. The normalized spacial score (nSPS) is 9.89. The number of aliphatic hydroxyl groups is 1. The molecule has 0 saturated heterocycles. The number of nitrogens with zero attached hydrogens (tertiary/aromatic N) is 3. The van der Waals surface area contributed by atoms with Crippen LogP contribution in [0, 0.1) is 21.4 Å². The molecule has 1 rings (SSSR count). The van der Waals surface area contributed by atoms with E-state index >= 15 is 0 Å². The van der Waals surface area contributed by atoms with E-state index in [0.29, 0.717) is 32.0 Å². The maximum Gasteiger partial charge on any atom is 0.289 e. The highest BCUT2D eigenvalue weighted by Crippen LogP contribution is 2.17. The van der Waals surface area contributed by atoms with Crippen LogP contribution in [-0.4, -0.2) is 41.4 Å². The van der Waals surface area contributed by atoms with Crippen molar-refractivity contribution in [1.29, 1.82) is 5.26 Å². The summed E-state index contributed by atoms with van der Waals surface area (Å²) in [4.78, 5) is 13.8. The van der Waals surface area contributed by atoms with Crippen molar-refractivity contribution >= 4 is 11.5 Å². The van der Waals surface area contributed by atoms with E-state index in [1.165, 1.54) is 6.07 Å². The second kappa shape index (κ2) is 7.97. The Balaban J connectivity index is 2.50. The van der Waals surface area contributed by atoms with Gasteiger partial charge in [-0.3, -0.25) is 10.1 Å². The summed E-state index contributed by atoms with van der Waals surface area (Å²) in [5.41, 5.74) is -0.0844. The van der Waals surface area contributed by atoms with E-state index in [1.54, 1.807) is 0 Å². The molecule has 0 amide bonds. The Morgan fingerprint density at radius 1 is 1.58 bits per heavy atom. The molecule has 2 N–H and O–H groups in total. The SMILES string of the molecule is N#Cc1cc([N+](=O)[O-])cnc1NCCCOCCO. The van der Waals surface area contributed by atoms with Gasteiger partial charge in [0.2, 0.25) is 0 Å². The molecule has 0 spiro atoms. The lowest BCUT2D eigenvalue weighted by atomic mass is 10.2. The van der Waals surface area contributed by atoms with Gasteiger partial charge in [0.05, 0.1) is 18.1 Å². The Labute approximate surface area is 109 Å². The van der Waals surface area contributed by atoms with Crippen molar-refractivity contribution in [3.05, 3.63) is 27.9 Å². The monoisotopic (exact) mass is 266 g/mol. The zero-order valence-electron chi connectivity index (χ0n) is 10.2. The molecule has 0 atom stereocenters. The molecule has 0 radical (unpaired) electrons. The Morgan fingerprint density at radius 3 is 3.00 bits per heavy atom. The van der Waals surface area contributed by atoms with Crippen molar-refractivity contribution in [3.63, 3.8) is 0 Å². The lowest BCUT2D eigenvalue weighted by Gasteiger charge is -2.07. The predicted molar refractivity (Wildman–Crippen MR) is 66.6 cm³/mol. The topological polar surface area (TPSA) is 121 Å². The van der Waals surface area contributed by atoms with E-state index in [0.717, 1.165) is 6.20 Å². The molecule has 0 aliphatic heterocycles. The van der Waals surface area contributed by atoms with Crippen LogP contribution < -0.4 is 5.32 Å². The quantitative estimate of drug-likeness (QED) is 0.403. The summed E-state index contributed by atoms with van der Waals surface area (Å²) in [6.07, 6.45) is 1.77. The van der Waals surface area contributed by atoms with Gasteiger partial charge in [-0.2, -0.15) is 5.26 Å². The number of hydrogen-bond donors (Lipinski definition) is 2. The fraction of sp³-hybridized carbons (Fsp3) is 0.455. The lowest BCUT2D eigenvalue weighted by molar-refractivity contribution is -0.385. The molecule has 8 nitrogen and oxygen atoms in total. The third-order valence-corrected chi connectivity index (χ3v) is 2.20. The number of aliphatic hydroxyl groups excluding tert-OH is 1. The average Bonchev–Trinajstić information content (AvgIpc) is 2.42. The summed E-state index contributed by atoms with van der Waals surface area (Å²) >= 11 is 0. The third-order valence-electron chi connectivity index (χ3n) is 2.20. The van der Waals surface area contributed by atoms with Gasteiger partial charge >= 0.3 is 0 Å². The third kappa shape index (κ3) is 4.87. The number of nitrogens with one attached hydrogen (secondary N) is 1. The van der Waals surface area contributed by atoms with Crippen LogP contribution in [0.3, 0.4) is 0 Å².